The lowest BCUT2D eigenvalue weighted by Crippen LogP contribution is -2.44. The maximum absolute atomic E-state index is 13.4. The minimum atomic E-state index is -0.682. The first-order chi connectivity index (χ1) is 16.9. The number of carbonyl (C=O) groups excluding carboxylic acids is 1. The van der Waals surface area contributed by atoms with Gasteiger partial charge < -0.3 is 11.1 Å². The van der Waals surface area contributed by atoms with Crippen LogP contribution in [0.3, 0.4) is 0 Å². The summed E-state index contributed by atoms with van der Waals surface area (Å²) in [5.41, 5.74) is 5.48. The molecule has 0 spiro atoms. The van der Waals surface area contributed by atoms with Gasteiger partial charge in [0.05, 0.1) is 5.35 Å². The molecule has 2 fully saturated rings. The van der Waals surface area contributed by atoms with Crippen LogP contribution in [0.1, 0.15) is 84.0 Å². The monoisotopic (exact) mass is 478 g/mol. The Kier molecular flexibility index (Phi) is 8.24. The van der Waals surface area contributed by atoms with Gasteiger partial charge in [-0.1, -0.05) is 51.5 Å². The van der Waals surface area contributed by atoms with Gasteiger partial charge in [0.2, 0.25) is 0 Å². The van der Waals surface area contributed by atoms with Crippen molar-refractivity contribution in [2.45, 2.75) is 95.6 Å². The predicted molar refractivity (Wildman–Crippen MR) is 145 cm³/mol. The number of nitrogens with two attached hydrogens (primary N) is 1. The fourth-order valence-corrected chi connectivity index (χ4v) is 6.23. The van der Waals surface area contributed by atoms with Crippen molar-refractivity contribution in [1.29, 1.82) is 0 Å². The van der Waals surface area contributed by atoms with Gasteiger partial charge in [-0.05, 0) is 63.0 Å². The van der Waals surface area contributed by atoms with Crippen LogP contribution in [0, 0.1) is 11.8 Å². The molecular weight excluding hydrogens is 436 g/mol. The van der Waals surface area contributed by atoms with Crippen molar-refractivity contribution in [3.8, 4) is 0 Å². The molecule has 0 aromatic carbocycles. The Morgan fingerprint density at radius 3 is 2.66 bits per heavy atom. The zero-order valence-corrected chi connectivity index (χ0v) is 21.5. The van der Waals surface area contributed by atoms with Crippen LogP contribution in [0.25, 0.3) is 12.8 Å². The number of anilines is 1. The molecule has 35 heavy (non-hydrogen) atoms. The summed E-state index contributed by atoms with van der Waals surface area (Å²) >= 11 is 0. The highest BCUT2D eigenvalue weighted by atomic mass is 16.2. The van der Waals surface area contributed by atoms with Crippen molar-refractivity contribution in [2.75, 3.05) is 12.4 Å². The molecule has 0 bridgehead atoms. The number of nitrogens with zero attached hydrogens (tertiary/aromatic N) is 4. The van der Waals surface area contributed by atoms with Gasteiger partial charge in [0.1, 0.15) is 11.4 Å². The number of aromatic nitrogens is 1. The average Bonchev–Trinajstić information content (AvgIpc) is 3.06. The van der Waals surface area contributed by atoms with E-state index in [1.807, 2.05) is 19.1 Å². The fourth-order valence-electron chi connectivity index (χ4n) is 6.23. The molecular formula is C28H42N6O. The number of amides is 1. The van der Waals surface area contributed by atoms with E-state index in [1.54, 1.807) is 24.4 Å². The lowest BCUT2D eigenvalue weighted by Gasteiger charge is -2.35. The molecule has 4 rings (SSSR count). The standard InChI is InChI=1S/C28H42N6O/c1-4-30-19-23-13-14-25(31-20(23)2)32-24-12-8-11-22(17-24)18-28(26(35)34(3)27(29)33-28)16-15-21-9-6-5-7-10-21/h4,13-14,19,21-22,24H,2,5-12,15-18H2,1,3H3,(H2,29,33)(H,31,32)/b23-19-,30-4?/t22-,24+,28+/m0/s1. The van der Waals surface area contributed by atoms with Crippen LogP contribution in [0.5, 0.6) is 0 Å². The maximum atomic E-state index is 13.4. The molecule has 2 saturated carbocycles. The molecule has 3 atom stereocenters. The number of likely N-dealkylation sites (N-methyl/N-ethyl adjacent to an activating group) is 1. The second-order valence-corrected chi connectivity index (χ2v) is 10.8. The second-order valence-electron chi connectivity index (χ2n) is 10.8. The minimum Gasteiger partial charge on any atom is -0.369 e. The topological polar surface area (TPSA) is 96.0 Å². The van der Waals surface area contributed by atoms with Crippen molar-refractivity contribution in [3.05, 3.63) is 22.7 Å². The van der Waals surface area contributed by atoms with E-state index in [4.69, 9.17) is 10.7 Å². The number of guanidine groups is 1. The summed E-state index contributed by atoms with van der Waals surface area (Å²) < 4.78 is 0. The van der Waals surface area contributed by atoms with Crippen LogP contribution < -0.4 is 21.6 Å². The van der Waals surface area contributed by atoms with Gasteiger partial charge >= 0.3 is 0 Å². The van der Waals surface area contributed by atoms with E-state index in [1.165, 1.54) is 32.1 Å². The molecule has 1 aromatic rings. The van der Waals surface area contributed by atoms with Gasteiger partial charge in [0, 0.05) is 30.7 Å². The summed E-state index contributed by atoms with van der Waals surface area (Å²) in [4.78, 5) is 28.6. The third kappa shape index (κ3) is 6.11. The number of rotatable bonds is 8. The molecule has 0 saturated heterocycles. The molecule has 1 aromatic heterocycles. The van der Waals surface area contributed by atoms with E-state index in [2.05, 4.69) is 21.9 Å². The average molecular weight is 479 g/mol. The maximum Gasteiger partial charge on any atom is 0.257 e. The van der Waals surface area contributed by atoms with Crippen LogP contribution in [-0.4, -0.2) is 46.6 Å². The summed E-state index contributed by atoms with van der Waals surface area (Å²) in [6.07, 6.45) is 17.2. The highest BCUT2D eigenvalue weighted by Gasteiger charge is 2.48. The number of hydrogen-bond acceptors (Lipinski definition) is 6. The number of hydrogen-bond donors (Lipinski definition) is 2. The van der Waals surface area contributed by atoms with Crippen LogP contribution in [0.4, 0.5) is 5.82 Å². The molecule has 0 unspecified atom stereocenters. The molecule has 1 amide bonds. The van der Waals surface area contributed by atoms with Crippen LogP contribution in [0.2, 0.25) is 0 Å². The molecule has 2 aliphatic carbocycles. The number of nitrogens with one attached hydrogen (secondary N) is 1. The van der Waals surface area contributed by atoms with Crippen molar-refractivity contribution in [3.63, 3.8) is 0 Å². The first-order valence-electron chi connectivity index (χ1n) is 13.4. The Balaban J connectivity index is 1.43. The molecule has 0 radical (unpaired) electrons. The van der Waals surface area contributed by atoms with Gasteiger partial charge in [-0.25, -0.2) is 9.98 Å². The van der Waals surface area contributed by atoms with Crippen molar-refractivity contribution >= 4 is 36.7 Å². The number of pyridine rings is 1. The smallest absolute Gasteiger partial charge is 0.257 e. The molecule has 3 aliphatic rings. The molecule has 2 heterocycles. The zero-order valence-electron chi connectivity index (χ0n) is 21.5. The summed E-state index contributed by atoms with van der Waals surface area (Å²) in [6.45, 7) is 5.96. The summed E-state index contributed by atoms with van der Waals surface area (Å²) in [5, 5.41) is 5.27. The molecule has 7 nitrogen and oxygen atoms in total. The quantitative estimate of drug-likeness (QED) is 0.559. The van der Waals surface area contributed by atoms with E-state index in [-0.39, 0.29) is 5.91 Å². The predicted octanol–water partition coefficient (Wildman–Crippen LogP) is 3.57. The second kappa shape index (κ2) is 11.4. The van der Waals surface area contributed by atoms with Gasteiger partial charge in [-0.15, -0.1) is 0 Å². The lowest BCUT2D eigenvalue weighted by atomic mass is 9.74. The minimum absolute atomic E-state index is 0.0887. The highest BCUT2D eigenvalue weighted by molar-refractivity contribution is 6.06. The molecule has 190 valence electrons. The van der Waals surface area contributed by atoms with Crippen molar-refractivity contribution in [2.24, 2.45) is 27.6 Å². The summed E-state index contributed by atoms with van der Waals surface area (Å²) in [6, 6.07) is 4.34. The summed E-state index contributed by atoms with van der Waals surface area (Å²) in [7, 11) is 1.77. The Bertz CT molecular complexity index is 1060. The molecule has 3 N–H and O–H groups in total. The Hall–Kier alpha value is -2.70. The summed E-state index contributed by atoms with van der Waals surface area (Å²) in [5.74, 6) is 2.48. The normalized spacial score (nSPS) is 28.6. The Morgan fingerprint density at radius 1 is 1.20 bits per heavy atom. The third-order valence-electron chi connectivity index (χ3n) is 8.20. The van der Waals surface area contributed by atoms with E-state index < -0.39 is 5.54 Å². The first kappa shape index (κ1) is 25.4. The lowest BCUT2D eigenvalue weighted by molar-refractivity contribution is -0.131. The van der Waals surface area contributed by atoms with Crippen molar-refractivity contribution in [1.82, 2.24) is 9.88 Å². The van der Waals surface area contributed by atoms with E-state index >= 15 is 0 Å². The molecule has 7 heteroatoms. The Morgan fingerprint density at radius 2 is 1.97 bits per heavy atom. The zero-order chi connectivity index (χ0) is 24.8. The van der Waals surface area contributed by atoms with Crippen LogP contribution in [0.15, 0.2) is 22.1 Å². The van der Waals surface area contributed by atoms with E-state index in [9.17, 15) is 4.79 Å². The van der Waals surface area contributed by atoms with Gasteiger partial charge in [-0.3, -0.25) is 14.7 Å². The van der Waals surface area contributed by atoms with Crippen LogP contribution in [-0.2, 0) is 4.79 Å². The van der Waals surface area contributed by atoms with E-state index in [0.717, 1.165) is 67.2 Å². The van der Waals surface area contributed by atoms with Gasteiger partial charge in [-0.2, -0.15) is 0 Å². The van der Waals surface area contributed by atoms with Crippen molar-refractivity contribution < 1.29 is 4.79 Å². The SMILES string of the molecule is C=c1nc(N[C@@H]2CCC[C@H](C[C@@]3(CCC4CCCCC4)N=C(N)N(C)C3=O)C2)cc/c1=C/N=CC. The largest absolute Gasteiger partial charge is 0.369 e. The van der Waals surface area contributed by atoms with Gasteiger partial charge in [0.15, 0.2) is 5.96 Å². The number of aliphatic imine (C=N–C) groups is 2. The van der Waals surface area contributed by atoms with Crippen LogP contribution >= 0.6 is 0 Å². The third-order valence-corrected chi connectivity index (χ3v) is 8.20. The fraction of sp³-hybridized carbons (Fsp3) is 0.643. The van der Waals surface area contributed by atoms with Gasteiger partial charge in [0.25, 0.3) is 5.91 Å². The number of carbonyl (C=O) groups is 1. The highest BCUT2D eigenvalue weighted by Crippen LogP contribution is 2.40. The van der Waals surface area contributed by atoms with E-state index in [0.29, 0.717) is 17.9 Å². The molecule has 1 aliphatic heterocycles. The first-order valence-corrected chi connectivity index (χ1v) is 13.4. The Labute approximate surface area is 209 Å².